The van der Waals surface area contributed by atoms with Gasteiger partial charge in [0.1, 0.15) is 11.6 Å². The van der Waals surface area contributed by atoms with Gasteiger partial charge in [0.15, 0.2) is 0 Å². The van der Waals surface area contributed by atoms with E-state index in [1.54, 1.807) is 36.4 Å². The molecule has 7 nitrogen and oxygen atoms in total. The Kier molecular flexibility index (Phi) is 12.0. The summed E-state index contributed by atoms with van der Waals surface area (Å²) < 4.78 is 28.6. The fourth-order valence-corrected chi connectivity index (χ4v) is 6.47. The summed E-state index contributed by atoms with van der Waals surface area (Å²) in [6, 6.07) is 15.0. The number of benzene rings is 2. The maximum atomic E-state index is 14.3. The number of carbonyl (C=O) groups is 2. The van der Waals surface area contributed by atoms with Gasteiger partial charge in [-0.1, -0.05) is 49.8 Å². The minimum atomic E-state index is -1.49. The first kappa shape index (κ1) is 34.7. The maximum Gasteiger partial charge on any atom is 0.249 e. The van der Waals surface area contributed by atoms with Gasteiger partial charge in [0.05, 0.1) is 11.5 Å². The van der Waals surface area contributed by atoms with E-state index in [9.17, 15) is 23.5 Å². The van der Waals surface area contributed by atoms with Crippen LogP contribution in [0.2, 0.25) is 0 Å². The summed E-state index contributed by atoms with van der Waals surface area (Å²) in [5, 5.41) is 15.1. The van der Waals surface area contributed by atoms with Gasteiger partial charge in [-0.3, -0.25) is 14.6 Å². The number of allylic oxidation sites excluding steroid dienone is 2. The van der Waals surface area contributed by atoms with Crippen molar-refractivity contribution in [2.24, 2.45) is 17.1 Å². The first-order valence-corrected chi connectivity index (χ1v) is 15.9. The maximum absolute atomic E-state index is 14.3. The molecule has 0 fully saturated rings. The van der Waals surface area contributed by atoms with E-state index >= 15 is 0 Å². The summed E-state index contributed by atoms with van der Waals surface area (Å²) in [6.45, 7) is 7.40. The SMILES string of the molecule is CCCN(CCC)C(=O)C1=CC(C)=CC(C(N)=O)([C@H](Cc2cc(F)cc(F)c2)[C@@H](O)CNCc2cccc(-c3ccncc3)c2)C1. The molecule has 1 aromatic heterocycles. The van der Waals surface area contributed by atoms with Gasteiger partial charge >= 0.3 is 0 Å². The van der Waals surface area contributed by atoms with E-state index in [-0.39, 0.29) is 30.9 Å². The van der Waals surface area contributed by atoms with Crippen molar-refractivity contribution in [1.29, 1.82) is 0 Å². The van der Waals surface area contributed by atoms with E-state index in [2.05, 4.69) is 10.3 Å². The Balaban J connectivity index is 1.63. The number of rotatable bonds is 15. The molecule has 4 N–H and O–H groups in total. The van der Waals surface area contributed by atoms with Crippen molar-refractivity contribution in [2.75, 3.05) is 19.6 Å². The number of hydrogen-bond donors (Lipinski definition) is 3. The minimum absolute atomic E-state index is 0.0318. The van der Waals surface area contributed by atoms with E-state index in [1.165, 1.54) is 12.1 Å². The number of nitrogens with zero attached hydrogens (tertiary/aromatic N) is 2. The molecule has 0 saturated carbocycles. The fourth-order valence-electron chi connectivity index (χ4n) is 6.47. The van der Waals surface area contributed by atoms with Gasteiger partial charge in [-0.25, -0.2) is 8.78 Å². The van der Waals surface area contributed by atoms with Crippen LogP contribution in [-0.2, 0) is 22.6 Å². The normalized spacial score (nSPS) is 17.5. The van der Waals surface area contributed by atoms with Crippen LogP contribution in [-0.4, -0.2) is 52.5 Å². The lowest BCUT2D eigenvalue weighted by Crippen LogP contribution is -2.51. The third-order valence-corrected chi connectivity index (χ3v) is 8.51. The summed E-state index contributed by atoms with van der Waals surface area (Å²) in [4.78, 5) is 33.1. The second-order valence-corrected chi connectivity index (χ2v) is 12.2. The average molecular weight is 631 g/mol. The largest absolute Gasteiger partial charge is 0.391 e. The van der Waals surface area contributed by atoms with E-state index in [4.69, 9.17) is 5.73 Å². The van der Waals surface area contributed by atoms with E-state index in [0.717, 1.165) is 35.6 Å². The molecule has 3 atom stereocenters. The lowest BCUT2D eigenvalue weighted by Gasteiger charge is -2.42. The number of nitrogens with two attached hydrogens (primary N) is 1. The van der Waals surface area contributed by atoms with Crippen LogP contribution in [0.5, 0.6) is 0 Å². The number of amides is 2. The summed E-state index contributed by atoms with van der Waals surface area (Å²) >= 11 is 0. The zero-order chi connectivity index (χ0) is 33.3. The number of carbonyl (C=O) groups excluding carboxylic acids is 2. The molecule has 244 valence electrons. The molecule has 0 bridgehead atoms. The average Bonchev–Trinajstić information content (AvgIpc) is 3.03. The molecule has 2 aromatic carbocycles. The van der Waals surface area contributed by atoms with Gasteiger partial charge in [0.2, 0.25) is 11.8 Å². The lowest BCUT2D eigenvalue weighted by molar-refractivity contribution is -0.132. The second-order valence-electron chi connectivity index (χ2n) is 12.2. The van der Waals surface area contributed by atoms with Crippen molar-refractivity contribution >= 4 is 11.8 Å². The first-order chi connectivity index (χ1) is 22.1. The molecule has 46 heavy (non-hydrogen) atoms. The van der Waals surface area contributed by atoms with Crippen molar-refractivity contribution in [3.05, 3.63) is 113 Å². The van der Waals surface area contributed by atoms with Crippen molar-refractivity contribution in [3.8, 4) is 11.1 Å². The molecule has 0 radical (unpaired) electrons. The third-order valence-electron chi connectivity index (χ3n) is 8.51. The Bertz CT molecular complexity index is 1550. The number of halogens is 2. The molecular weight excluding hydrogens is 586 g/mol. The van der Waals surface area contributed by atoms with Crippen molar-refractivity contribution < 1.29 is 23.5 Å². The zero-order valence-corrected chi connectivity index (χ0v) is 26.8. The van der Waals surface area contributed by atoms with E-state index in [0.29, 0.717) is 30.8 Å². The van der Waals surface area contributed by atoms with Gasteiger partial charge in [0.25, 0.3) is 0 Å². The van der Waals surface area contributed by atoms with Gasteiger partial charge in [0, 0.05) is 56.1 Å². The highest BCUT2D eigenvalue weighted by molar-refractivity contribution is 5.97. The zero-order valence-electron chi connectivity index (χ0n) is 26.8. The van der Waals surface area contributed by atoms with Crippen LogP contribution in [0.1, 0.15) is 51.2 Å². The van der Waals surface area contributed by atoms with E-state index in [1.807, 2.05) is 50.2 Å². The second kappa shape index (κ2) is 15.9. The minimum Gasteiger partial charge on any atom is -0.391 e. The van der Waals surface area contributed by atoms with Crippen LogP contribution in [0.15, 0.2) is 90.3 Å². The van der Waals surface area contributed by atoms with E-state index < -0.39 is 35.0 Å². The molecule has 0 saturated heterocycles. The molecule has 1 aliphatic rings. The molecule has 0 spiro atoms. The van der Waals surface area contributed by atoms with Crippen molar-refractivity contribution in [2.45, 2.75) is 59.1 Å². The Hall–Kier alpha value is -4.21. The molecule has 2 amide bonds. The third kappa shape index (κ3) is 8.53. The monoisotopic (exact) mass is 630 g/mol. The summed E-state index contributed by atoms with van der Waals surface area (Å²) in [5.74, 6) is -3.32. The summed E-state index contributed by atoms with van der Waals surface area (Å²) in [7, 11) is 0. The number of nitrogens with one attached hydrogen (secondary N) is 1. The molecule has 3 aromatic rings. The standard InChI is InChI=1S/C37H44F2N4O3/c1-4-13-43(14-5-2)35(45)30-15-25(3)21-37(22-30,36(40)46)33(19-27-17-31(38)20-32(39)18-27)34(44)24-42-23-26-7-6-8-29(16-26)28-9-11-41-12-10-28/h6-12,15-18,20-21,33-34,42,44H,4-5,13-14,19,22-24H2,1-3H3,(H2,40,46)/t33-,34+,37?/m1/s1. The van der Waals surface area contributed by atoms with Gasteiger partial charge in [-0.2, -0.15) is 0 Å². The molecule has 9 heteroatoms. The number of aromatic nitrogens is 1. The topological polar surface area (TPSA) is 109 Å². The number of hydrogen-bond acceptors (Lipinski definition) is 5. The Labute approximate surface area is 270 Å². The molecule has 1 aliphatic carbocycles. The molecule has 4 rings (SSSR count). The molecule has 0 aliphatic heterocycles. The lowest BCUT2D eigenvalue weighted by atomic mass is 9.63. The highest BCUT2D eigenvalue weighted by Crippen LogP contribution is 2.44. The highest BCUT2D eigenvalue weighted by Gasteiger charge is 2.48. The Morgan fingerprint density at radius 3 is 2.30 bits per heavy atom. The quantitative estimate of drug-likeness (QED) is 0.199. The summed E-state index contributed by atoms with van der Waals surface area (Å²) in [5.41, 5.74) is 9.04. The molecule has 1 unspecified atom stereocenters. The first-order valence-electron chi connectivity index (χ1n) is 15.9. The van der Waals surface area contributed by atoms with Gasteiger partial charge in [-0.15, -0.1) is 0 Å². The van der Waals surface area contributed by atoms with Crippen LogP contribution >= 0.6 is 0 Å². The van der Waals surface area contributed by atoms with Crippen LogP contribution in [0, 0.1) is 23.0 Å². The van der Waals surface area contributed by atoms with Gasteiger partial charge in [-0.05, 0) is 85.2 Å². The van der Waals surface area contributed by atoms with Crippen LogP contribution in [0.4, 0.5) is 8.78 Å². The molecule has 1 heterocycles. The molecular formula is C37H44F2N4O3. The number of aliphatic hydroxyl groups is 1. The number of pyridine rings is 1. The predicted molar refractivity (Wildman–Crippen MR) is 176 cm³/mol. The summed E-state index contributed by atoms with van der Waals surface area (Å²) in [6.07, 6.45) is 7.25. The van der Waals surface area contributed by atoms with Crippen LogP contribution < -0.4 is 11.1 Å². The van der Waals surface area contributed by atoms with Crippen LogP contribution in [0.25, 0.3) is 11.1 Å². The fraction of sp³-hybridized carbons (Fsp3) is 0.378. The smallest absolute Gasteiger partial charge is 0.249 e. The Morgan fingerprint density at radius 1 is 1.00 bits per heavy atom. The predicted octanol–water partition coefficient (Wildman–Crippen LogP) is 5.73. The Morgan fingerprint density at radius 2 is 1.67 bits per heavy atom. The number of aliphatic hydroxyl groups excluding tert-OH is 1. The van der Waals surface area contributed by atoms with Crippen molar-refractivity contribution in [3.63, 3.8) is 0 Å². The van der Waals surface area contributed by atoms with Gasteiger partial charge < -0.3 is 21.1 Å². The highest BCUT2D eigenvalue weighted by atomic mass is 19.1. The van der Waals surface area contributed by atoms with Crippen LogP contribution in [0.3, 0.4) is 0 Å². The number of primary amides is 1. The van der Waals surface area contributed by atoms with Crippen molar-refractivity contribution in [1.82, 2.24) is 15.2 Å².